The van der Waals surface area contributed by atoms with E-state index in [1.807, 2.05) is 18.2 Å². The van der Waals surface area contributed by atoms with Gasteiger partial charge in [-0.05, 0) is 68.8 Å². The van der Waals surface area contributed by atoms with Crippen LogP contribution in [0.4, 0.5) is 0 Å². The van der Waals surface area contributed by atoms with Gasteiger partial charge in [0.2, 0.25) is 5.91 Å². The molecule has 1 atom stereocenters. The number of carbonyl (C=O) groups is 2. The van der Waals surface area contributed by atoms with Gasteiger partial charge in [0.15, 0.2) is 0 Å². The Hall–Kier alpha value is -1.67. The van der Waals surface area contributed by atoms with Crippen molar-refractivity contribution in [2.75, 3.05) is 46.5 Å². The highest BCUT2D eigenvalue weighted by molar-refractivity contribution is 5.94. The van der Waals surface area contributed by atoms with Crippen LogP contribution in [0, 0.1) is 0 Å². The van der Waals surface area contributed by atoms with Crippen LogP contribution in [0.15, 0.2) is 24.3 Å². The van der Waals surface area contributed by atoms with Crippen molar-refractivity contribution in [1.82, 2.24) is 16.0 Å². The van der Waals surface area contributed by atoms with E-state index in [1.54, 1.807) is 7.05 Å². The first kappa shape index (κ1) is 37.4. The number of hydrogen-bond acceptors (Lipinski definition) is 5. The number of nitrogens with one attached hydrogen (secondary N) is 3. The van der Waals surface area contributed by atoms with Crippen molar-refractivity contribution < 1.29 is 19.1 Å². The molecule has 1 fully saturated rings. The lowest BCUT2D eigenvalue weighted by Crippen LogP contribution is -2.37. The number of carbonyl (C=O) groups excluding carboxylic acids is 2. The minimum Gasteiger partial charge on any atom is -0.379 e. The minimum atomic E-state index is -0.186. The Kier molecular flexibility index (Phi) is 22.7. The number of piperidine rings is 1. The second-order valence-electron chi connectivity index (χ2n) is 11.2. The van der Waals surface area contributed by atoms with Crippen LogP contribution in [-0.2, 0) is 14.3 Å². The maximum Gasteiger partial charge on any atom is 0.251 e. The molecule has 41 heavy (non-hydrogen) atoms. The lowest BCUT2D eigenvalue weighted by molar-refractivity contribution is -0.120. The fourth-order valence-electron chi connectivity index (χ4n) is 5.23. The van der Waals surface area contributed by atoms with E-state index in [0.717, 1.165) is 45.2 Å². The summed E-state index contributed by atoms with van der Waals surface area (Å²) in [5, 5.41) is 9.14. The monoisotopic (exact) mass is 595 g/mol. The number of halogens is 1. The van der Waals surface area contributed by atoms with Crippen molar-refractivity contribution in [3.63, 3.8) is 0 Å². The number of rotatable bonds is 23. The highest BCUT2D eigenvalue weighted by Crippen LogP contribution is 2.25. The van der Waals surface area contributed by atoms with E-state index in [0.29, 0.717) is 44.3 Å². The molecule has 0 radical (unpaired) electrons. The molecule has 0 spiro atoms. The molecule has 0 saturated carbocycles. The zero-order chi connectivity index (χ0) is 28.7. The summed E-state index contributed by atoms with van der Waals surface area (Å²) in [6, 6.07) is 8.08. The van der Waals surface area contributed by atoms with Crippen LogP contribution in [-0.4, -0.2) is 64.4 Å². The zero-order valence-corrected chi connectivity index (χ0v) is 26.7. The first-order valence-electron chi connectivity index (χ1n) is 16.1. The van der Waals surface area contributed by atoms with Gasteiger partial charge in [-0.1, -0.05) is 76.8 Å². The summed E-state index contributed by atoms with van der Waals surface area (Å²) in [5.41, 5.74) is 1.96. The predicted molar refractivity (Wildman–Crippen MR) is 171 cm³/mol. The van der Waals surface area contributed by atoms with Gasteiger partial charge in [-0.2, -0.15) is 0 Å². The van der Waals surface area contributed by atoms with Gasteiger partial charge in [0.05, 0.1) is 12.7 Å². The van der Waals surface area contributed by atoms with Crippen molar-refractivity contribution >= 4 is 24.2 Å². The van der Waals surface area contributed by atoms with Crippen LogP contribution in [0.3, 0.4) is 0 Å². The Morgan fingerprint density at radius 3 is 2.27 bits per heavy atom. The van der Waals surface area contributed by atoms with Gasteiger partial charge in [0.1, 0.15) is 0 Å². The normalized spacial score (nSPS) is 14.3. The number of benzene rings is 1. The molecule has 1 aromatic rings. The Morgan fingerprint density at radius 2 is 1.59 bits per heavy atom. The SMILES string of the molecule is CCCCCCCCCCCCOC(CNC(=O)c1cccc(C2CCNCC2)c1)COCCCCC(=O)NC.Cl. The topological polar surface area (TPSA) is 88.7 Å². The summed E-state index contributed by atoms with van der Waals surface area (Å²) in [4.78, 5) is 24.4. The number of amides is 2. The maximum absolute atomic E-state index is 13.0. The summed E-state index contributed by atoms with van der Waals surface area (Å²) < 4.78 is 12.1. The van der Waals surface area contributed by atoms with Crippen molar-refractivity contribution in [2.24, 2.45) is 0 Å². The van der Waals surface area contributed by atoms with E-state index >= 15 is 0 Å². The maximum atomic E-state index is 13.0. The van der Waals surface area contributed by atoms with E-state index in [4.69, 9.17) is 9.47 Å². The molecule has 1 saturated heterocycles. The number of unbranched alkanes of at least 4 members (excludes halogenated alkanes) is 10. The van der Waals surface area contributed by atoms with Crippen molar-refractivity contribution in [1.29, 1.82) is 0 Å². The molecule has 1 aliphatic heterocycles. The molecule has 236 valence electrons. The molecule has 1 heterocycles. The summed E-state index contributed by atoms with van der Waals surface area (Å²) in [6.45, 7) is 6.45. The molecule has 8 heteroatoms. The Morgan fingerprint density at radius 1 is 0.927 bits per heavy atom. The highest BCUT2D eigenvalue weighted by Gasteiger charge is 2.17. The smallest absolute Gasteiger partial charge is 0.251 e. The number of ether oxygens (including phenoxy) is 2. The first-order chi connectivity index (χ1) is 19.6. The standard InChI is InChI=1S/C33H57N3O4.ClH/c1-3-4-5-6-7-8-9-10-11-13-24-40-31(27-39-23-14-12-18-32(37)34-2)26-36-33(38)30-17-15-16-29(25-30)28-19-21-35-22-20-28;/h15-17,25,28,31,35H,3-14,18-24,26-27H2,1-2H3,(H,34,37)(H,36,38);1H. The second kappa shape index (κ2) is 24.9. The van der Waals surface area contributed by atoms with Gasteiger partial charge in [-0.25, -0.2) is 0 Å². The zero-order valence-electron chi connectivity index (χ0n) is 25.9. The van der Waals surface area contributed by atoms with E-state index in [-0.39, 0.29) is 30.3 Å². The summed E-state index contributed by atoms with van der Waals surface area (Å²) in [7, 11) is 1.66. The van der Waals surface area contributed by atoms with Gasteiger partial charge in [0, 0.05) is 38.8 Å². The van der Waals surface area contributed by atoms with Crippen molar-refractivity contribution in [3.8, 4) is 0 Å². The number of hydrogen-bond donors (Lipinski definition) is 3. The second-order valence-corrected chi connectivity index (χ2v) is 11.2. The molecule has 0 aliphatic carbocycles. The molecule has 1 aliphatic rings. The fourth-order valence-corrected chi connectivity index (χ4v) is 5.23. The average Bonchev–Trinajstić information content (AvgIpc) is 3.00. The van der Waals surface area contributed by atoms with Crippen LogP contribution >= 0.6 is 12.4 Å². The van der Waals surface area contributed by atoms with Gasteiger partial charge in [-0.15, -0.1) is 12.4 Å². The molecule has 3 N–H and O–H groups in total. The average molecular weight is 596 g/mol. The van der Waals surface area contributed by atoms with Gasteiger partial charge in [-0.3, -0.25) is 9.59 Å². The molecule has 0 bridgehead atoms. The fraction of sp³-hybridized carbons (Fsp3) is 0.758. The Bertz CT molecular complexity index is 804. The third-order valence-corrected chi connectivity index (χ3v) is 7.83. The molecular formula is C33H58ClN3O4. The lowest BCUT2D eigenvalue weighted by Gasteiger charge is -2.23. The molecule has 7 nitrogen and oxygen atoms in total. The molecule has 1 aromatic carbocycles. The van der Waals surface area contributed by atoms with Crippen molar-refractivity contribution in [3.05, 3.63) is 35.4 Å². The van der Waals surface area contributed by atoms with E-state index in [1.165, 1.54) is 63.4 Å². The van der Waals surface area contributed by atoms with Crippen molar-refractivity contribution in [2.45, 2.75) is 115 Å². The summed E-state index contributed by atoms with van der Waals surface area (Å²) >= 11 is 0. The van der Waals surface area contributed by atoms with Crippen LogP contribution in [0.2, 0.25) is 0 Å². The molecule has 2 amide bonds. The molecular weight excluding hydrogens is 538 g/mol. The van der Waals surface area contributed by atoms with Gasteiger partial charge >= 0.3 is 0 Å². The quantitative estimate of drug-likeness (QED) is 0.125. The first-order valence-corrected chi connectivity index (χ1v) is 16.1. The summed E-state index contributed by atoms with van der Waals surface area (Å²) in [5.74, 6) is 0.515. The Labute approximate surface area is 256 Å². The largest absolute Gasteiger partial charge is 0.379 e. The molecule has 2 rings (SSSR count). The van der Waals surface area contributed by atoms with Crippen LogP contribution in [0.5, 0.6) is 0 Å². The van der Waals surface area contributed by atoms with Crippen LogP contribution < -0.4 is 16.0 Å². The predicted octanol–water partition coefficient (Wildman–Crippen LogP) is 6.54. The van der Waals surface area contributed by atoms with Gasteiger partial charge < -0.3 is 25.4 Å². The summed E-state index contributed by atoms with van der Waals surface area (Å²) in [6.07, 6.45) is 17.1. The van der Waals surface area contributed by atoms with Crippen LogP contribution in [0.25, 0.3) is 0 Å². The molecule has 0 aromatic heterocycles. The third kappa shape index (κ3) is 17.8. The van der Waals surface area contributed by atoms with E-state index in [2.05, 4.69) is 28.9 Å². The van der Waals surface area contributed by atoms with Gasteiger partial charge in [0.25, 0.3) is 5.91 Å². The highest BCUT2D eigenvalue weighted by atomic mass is 35.5. The van der Waals surface area contributed by atoms with Crippen LogP contribution in [0.1, 0.15) is 125 Å². The molecule has 1 unspecified atom stereocenters. The Balaban J connectivity index is 0.00000840. The minimum absolute atomic E-state index is 0. The van der Waals surface area contributed by atoms with E-state index in [9.17, 15) is 9.59 Å². The third-order valence-electron chi connectivity index (χ3n) is 7.83. The lowest BCUT2D eigenvalue weighted by atomic mass is 9.89. The van der Waals surface area contributed by atoms with E-state index < -0.39 is 0 Å².